The highest BCUT2D eigenvalue weighted by molar-refractivity contribution is 5.88. The second-order valence-corrected chi connectivity index (χ2v) is 3.51. The van der Waals surface area contributed by atoms with E-state index < -0.39 is 5.97 Å². The molecule has 0 aliphatic carbocycles. The van der Waals surface area contributed by atoms with Crippen LogP contribution in [-0.2, 0) is 4.74 Å². The van der Waals surface area contributed by atoms with E-state index in [4.69, 9.17) is 4.74 Å². The average molecular weight is 231 g/mol. The normalized spacial score (nSPS) is 10.2. The molecule has 0 bridgehead atoms. The second kappa shape index (κ2) is 4.78. The van der Waals surface area contributed by atoms with Gasteiger partial charge in [0.25, 0.3) is 0 Å². The maximum absolute atomic E-state index is 11.6. The van der Waals surface area contributed by atoms with E-state index in [1.807, 2.05) is 25.1 Å². The SMILES string of the molecule is CCOC(=O)c1nn(-c2ccccn2)cc1C. The van der Waals surface area contributed by atoms with E-state index in [1.54, 1.807) is 24.0 Å². The van der Waals surface area contributed by atoms with Crippen molar-refractivity contribution in [2.24, 2.45) is 0 Å². The third kappa shape index (κ3) is 2.33. The molecule has 88 valence electrons. The molecule has 5 nitrogen and oxygen atoms in total. The molecular formula is C12H13N3O2. The van der Waals surface area contributed by atoms with Crippen molar-refractivity contribution >= 4 is 5.97 Å². The predicted octanol–water partition coefficient (Wildman–Crippen LogP) is 1.75. The number of aryl methyl sites for hydroxylation is 1. The number of ether oxygens (including phenoxy) is 1. The zero-order chi connectivity index (χ0) is 12.3. The minimum atomic E-state index is -0.403. The van der Waals surface area contributed by atoms with Gasteiger partial charge >= 0.3 is 5.97 Å². The summed E-state index contributed by atoms with van der Waals surface area (Å²) in [5.74, 6) is 0.269. The van der Waals surface area contributed by atoms with Crippen LogP contribution in [0.1, 0.15) is 23.0 Å². The van der Waals surface area contributed by atoms with Crippen LogP contribution in [0.15, 0.2) is 30.6 Å². The van der Waals surface area contributed by atoms with Gasteiger partial charge in [-0.2, -0.15) is 5.10 Å². The first kappa shape index (κ1) is 11.3. The highest BCUT2D eigenvalue weighted by Crippen LogP contribution is 2.10. The zero-order valence-electron chi connectivity index (χ0n) is 9.75. The molecule has 2 rings (SSSR count). The van der Waals surface area contributed by atoms with Crippen LogP contribution in [0.4, 0.5) is 0 Å². The summed E-state index contributed by atoms with van der Waals surface area (Å²) in [6.07, 6.45) is 3.44. The largest absolute Gasteiger partial charge is 0.461 e. The van der Waals surface area contributed by atoms with Crippen LogP contribution < -0.4 is 0 Å². The summed E-state index contributed by atoms with van der Waals surface area (Å²) in [5, 5.41) is 4.18. The van der Waals surface area contributed by atoms with Crippen LogP contribution in [0.2, 0.25) is 0 Å². The van der Waals surface area contributed by atoms with E-state index in [-0.39, 0.29) is 0 Å². The first-order chi connectivity index (χ1) is 8.22. The van der Waals surface area contributed by atoms with E-state index >= 15 is 0 Å². The zero-order valence-corrected chi connectivity index (χ0v) is 9.75. The Bertz CT molecular complexity index is 520. The molecular weight excluding hydrogens is 218 g/mol. The Morgan fingerprint density at radius 1 is 1.47 bits per heavy atom. The Hall–Kier alpha value is -2.17. The molecule has 0 radical (unpaired) electrons. The third-order valence-electron chi connectivity index (χ3n) is 2.25. The minimum absolute atomic E-state index is 0.331. The molecule has 0 unspecified atom stereocenters. The van der Waals surface area contributed by atoms with Crippen molar-refractivity contribution in [2.75, 3.05) is 6.61 Å². The van der Waals surface area contributed by atoms with Crippen LogP contribution in [0.25, 0.3) is 5.82 Å². The summed E-state index contributed by atoms with van der Waals surface area (Å²) < 4.78 is 6.49. The molecule has 2 aromatic heterocycles. The summed E-state index contributed by atoms with van der Waals surface area (Å²) in [6.45, 7) is 3.93. The van der Waals surface area contributed by atoms with E-state index in [2.05, 4.69) is 10.1 Å². The van der Waals surface area contributed by atoms with Gasteiger partial charge in [-0.3, -0.25) is 0 Å². The van der Waals surface area contributed by atoms with Crippen molar-refractivity contribution < 1.29 is 9.53 Å². The molecule has 0 saturated heterocycles. The van der Waals surface area contributed by atoms with E-state index in [9.17, 15) is 4.79 Å². The average Bonchev–Trinajstić information content (AvgIpc) is 2.73. The molecule has 0 spiro atoms. The van der Waals surface area contributed by atoms with E-state index in [0.717, 1.165) is 5.56 Å². The van der Waals surface area contributed by atoms with Crippen molar-refractivity contribution in [1.29, 1.82) is 0 Å². The van der Waals surface area contributed by atoms with Gasteiger partial charge in [0, 0.05) is 18.0 Å². The lowest BCUT2D eigenvalue weighted by Gasteiger charge is -1.99. The Morgan fingerprint density at radius 3 is 2.94 bits per heavy atom. The van der Waals surface area contributed by atoms with Crippen LogP contribution in [0.3, 0.4) is 0 Å². The van der Waals surface area contributed by atoms with Gasteiger partial charge in [-0.25, -0.2) is 14.5 Å². The smallest absolute Gasteiger partial charge is 0.359 e. The quantitative estimate of drug-likeness (QED) is 0.755. The Balaban J connectivity index is 2.34. The number of hydrogen-bond acceptors (Lipinski definition) is 4. The van der Waals surface area contributed by atoms with Gasteiger partial charge in [0.1, 0.15) is 0 Å². The minimum Gasteiger partial charge on any atom is -0.461 e. The third-order valence-corrected chi connectivity index (χ3v) is 2.25. The summed E-state index contributed by atoms with van der Waals surface area (Å²) in [6, 6.07) is 5.51. The van der Waals surface area contributed by atoms with Crippen molar-refractivity contribution in [1.82, 2.24) is 14.8 Å². The Morgan fingerprint density at radius 2 is 2.29 bits per heavy atom. The maximum atomic E-state index is 11.6. The summed E-state index contributed by atoms with van der Waals surface area (Å²) >= 11 is 0. The van der Waals surface area contributed by atoms with Crippen molar-refractivity contribution in [3.63, 3.8) is 0 Å². The lowest BCUT2D eigenvalue weighted by molar-refractivity contribution is 0.0518. The van der Waals surface area contributed by atoms with Gasteiger partial charge in [-0.05, 0) is 26.0 Å². The highest BCUT2D eigenvalue weighted by Gasteiger charge is 2.15. The van der Waals surface area contributed by atoms with Crippen molar-refractivity contribution in [3.05, 3.63) is 41.9 Å². The number of esters is 1. The number of carbonyl (C=O) groups excluding carboxylic acids is 1. The molecule has 2 heterocycles. The number of carbonyl (C=O) groups is 1. The van der Waals surface area contributed by atoms with Crippen LogP contribution in [-0.4, -0.2) is 27.3 Å². The Kier molecular flexibility index (Phi) is 3.18. The number of nitrogens with zero attached hydrogens (tertiary/aromatic N) is 3. The summed E-state index contributed by atoms with van der Waals surface area (Å²) in [4.78, 5) is 15.7. The fraction of sp³-hybridized carbons (Fsp3) is 0.250. The molecule has 0 aliphatic rings. The molecule has 0 aromatic carbocycles. The Labute approximate surface area is 99.1 Å². The lowest BCUT2D eigenvalue weighted by atomic mass is 10.3. The molecule has 17 heavy (non-hydrogen) atoms. The van der Waals surface area contributed by atoms with Crippen LogP contribution in [0.5, 0.6) is 0 Å². The molecule has 5 heteroatoms. The standard InChI is InChI=1S/C12H13N3O2/c1-3-17-12(16)11-9(2)8-15(14-11)10-6-4-5-7-13-10/h4-8H,3H2,1-2H3. The van der Waals surface area contributed by atoms with Gasteiger partial charge in [-0.15, -0.1) is 0 Å². The topological polar surface area (TPSA) is 57.0 Å². The first-order valence-electron chi connectivity index (χ1n) is 5.37. The molecule has 0 saturated carbocycles. The first-order valence-corrected chi connectivity index (χ1v) is 5.37. The fourth-order valence-electron chi connectivity index (χ4n) is 1.47. The summed E-state index contributed by atoms with van der Waals surface area (Å²) in [7, 11) is 0. The van der Waals surface area contributed by atoms with E-state index in [1.165, 1.54) is 0 Å². The number of hydrogen-bond donors (Lipinski definition) is 0. The maximum Gasteiger partial charge on any atom is 0.359 e. The monoisotopic (exact) mass is 231 g/mol. The molecule has 0 amide bonds. The highest BCUT2D eigenvalue weighted by atomic mass is 16.5. The number of pyridine rings is 1. The summed E-state index contributed by atoms with van der Waals surface area (Å²) in [5.41, 5.74) is 1.10. The van der Waals surface area contributed by atoms with Crippen molar-refractivity contribution in [2.45, 2.75) is 13.8 Å². The van der Waals surface area contributed by atoms with Gasteiger partial charge in [0.05, 0.1) is 6.61 Å². The van der Waals surface area contributed by atoms with Crippen LogP contribution >= 0.6 is 0 Å². The van der Waals surface area contributed by atoms with Gasteiger partial charge in [-0.1, -0.05) is 6.07 Å². The molecule has 0 N–H and O–H groups in total. The molecule has 0 fully saturated rings. The fourth-order valence-corrected chi connectivity index (χ4v) is 1.47. The van der Waals surface area contributed by atoms with Gasteiger partial charge < -0.3 is 4.74 Å². The van der Waals surface area contributed by atoms with Crippen molar-refractivity contribution in [3.8, 4) is 5.82 Å². The van der Waals surface area contributed by atoms with Gasteiger partial charge in [0.15, 0.2) is 11.5 Å². The van der Waals surface area contributed by atoms with E-state index in [0.29, 0.717) is 18.1 Å². The van der Waals surface area contributed by atoms with Crippen LogP contribution in [0, 0.1) is 6.92 Å². The predicted molar refractivity (Wildman–Crippen MR) is 62.1 cm³/mol. The number of rotatable bonds is 3. The lowest BCUT2D eigenvalue weighted by Crippen LogP contribution is -2.08. The van der Waals surface area contributed by atoms with Gasteiger partial charge in [0.2, 0.25) is 0 Å². The number of aromatic nitrogens is 3. The molecule has 0 atom stereocenters. The second-order valence-electron chi connectivity index (χ2n) is 3.51. The molecule has 0 aliphatic heterocycles. The molecule has 2 aromatic rings.